The molecule has 0 spiro atoms. The SMILES string of the molecule is O=C(NF)C(F)(F)c1ccc2c(c1)C(c1cccc(Cl)c1)Oc1cccc(OC(F)F)c1-2. The Bertz CT molecular complexity index is 1190. The van der Waals surface area contributed by atoms with Crippen LogP contribution in [0, 0.1) is 0 Å². The summed E-state index contributed by atoms with van der Waals surface area (Å²) in [6, 6.07) is 13.8. The van der Waals surface area contributed by atoms with Gasteiger partial charge in [-0.25, -0.2) is 0 Å². The van der Waals surface area contributed by atoms with Crippen molar-refractivity contribution in [2.75, 3.05) is 0 Å². The zero-order valence-corrected chi connectivity index (χ0v) is 16.7. The molecule has 1 heterocycles. The van der Waals surface area contributed by atoms with Crippen LogP contribution in [0.15, 0.2) is 60.7 Å². The van der Waals surface area contributed by atoms with Crippen LogP contribution in [-0.2, 0) is 10.7 Å². The first-order chi connectivity index (χ1) is 15.2. The van der Waals surface area contributed by atoms with Gasteiger partial charge in [0, 0.05) is 16.1 Å². The third kappa shape index (κ3) is 3.84. The number of hydrogen-bond acceptors (Lipinski definition) is 3. The number of halogens is 6. The molecular formula is C22H13ClF5NO3. The van der Waals surface area contributed by atoms with E-state index in [-0.39, 0.29) is 28.2 Å². The number of amides is 1. The Labute approximate surface area is 183 Å². The highest BCUT2D eigenvalue weighted by Crippen LogP contribution is 2.50. The molecular weight excluding hydrogens is 457 g/mol. The van der Waals surface area contributed by atoms with Crippen molar-refractivity contribution < 1.29 is 36.3 Å². The maximum absolute atomic E-state index is 14.4. The lowest BCUT2D eigenvalue weighted by Gasteiger charge is -2.31. The van der Waals surface area contributed by atoms with Crippen molar-refractivity contribution in [3.05, 3.63) is 82.4 Å². The summed E-state index contributed by atoms with van der Waals surface area (Å²) in [5, 5.41) is 0.353. The van der Waals surface area contributed by atoms with Gasteiger partial charge in [0.25, 0.3) is 0 Å². The van der Waals surface area contributed by atoms with Gasteiger partial charge < -0.3 is 9.47 Å². The Hall–Kier alpha value is -3.33. The summed E-state index contributed by atoms with van der Waals surface area (Å²) in [6.07, 6.45) is -0.970. The average Bonchev–Trinajstić information content (AvgIpc) is 2.77. The number of fused-ring (bicyclic) bond motifs is 3. The summed E-state index contributed by atoms with van der Waals surface area (Å²) in [5.74, 6) is -6.37. The number of carbonyl (C=O) groups is 1. The Balaban J connectivity index is 1.94. The molecule has 4 rings (SSSR count). The largest absolute Gasteiger partial charge is 0.480 e. The molecule has 32 heavy (non-hydrogen) atoms. The van der Waals surface area contributed by atoms with Crippen LogP contribution in [0.5, 0.6) is 11.5 Å². The van der Waals surface area contributed by atoms with Crippen molar-refractivity contribution in [2.24, 2.45) is 0 Å². The molecule has 1 unspecified atom stereocenters. The maximum atomic E-state index is 14.4. The van der Waals surface area contributed by atoms with Crippen LogP contribution in [0.1, 0.15) is 22.8 Å². The maximum Gasteiger partial charge on any atom is 0.387 e. The van der Waals surface area contributed by atoms with Gasteiger partial charge in [-0.15, -0.1) is 4.48 Å². The Morgan fingerprint density at radius 1 is 1.09 bits per heavy atom. The van der Waals surface area contributed by atoms with Gasteiger partial charge in [-0.1, -0.05) is 41.9 Å². The summed E-state index contributed by atoms with van der Waals surface area (Å²) in [5.41, 5.74) is 0.653. The summed E-state index contributed by atoms with van der Waals surface area (Å²) in [6.45, 7) is -3.13. The quantitative estimate of drug-likeness (QED) is 0.358. The number of hydrogen-bond donors (Lipinski definition) is 1. The van der Waals surface area contributed by atoms with E-state index in [0.29, 0.717) is 16.1 Å². The molecule has 0 saturated carbocycles. The van der Waals surface area contributed by atoms with Gasteiger partial charge in [0.2, 0.25) is 0 Å². The van der Waals surface area contributed by atoms with Gasteiger partial charge >= 0.3 is 18.4 Å². The fourth-order valence-corrected chi connectivity index (χ4v) is 3.77. The summed E-state index contributed by atoms with van der Waals surface area (Å²) in [7, 11) is 0. The zero-order valence-electron chi connectivity index (χ0n) is 15.9. The lowest BCUT2D eigenvalue weighted by molar-refractivity contribution is -0.151. The number of ether oxygens (including phenoxy) is 2. The highest BCUT2D eigenvalue weighted by Gasteiger charge is 2.43. The van der Waals surface area contributed by atoms with Crippen molar-refractivity contribution >= 4 is 17.5 Å². The summed E-state index contributed by atoms with van der Waals surface area (Å²) < 4.78 is 77.8. The molecule has 0 radical (unpaired) electrons. The monoisotopic (exact) mass is 469 g/mol. The molecule has 1 amide bonds. The van der Waals surface area contributed by atoms with E-state index in [1.807, 2.05) is 0 Å². The van der Waals surface area contributed by atoms with Crippen LogP contribution in [-0.4, -0.2) is 12.5 Å². The molecule has 166 valence electrons. The first-order valence-electron chi connectivity index (χ1n) is 9.16. The normalized spacial score (nSPS) is 14.9. The predicted octanol–water partition coefficient (Wildman–Crippen LogP) is 6.18. The van der Waals surface area contributed by atoms with Crippen LogP contribution >= 0.6 is 11.6 Å². The third-order valence-corrected chi connectivity index (χ3v) is 5.17. The van der Waals surface area contributed by atoms with Gasteiger partial charge in [0.1, 0.15) is 17.6 Å². The number of alkyl halides is 4. The lowest BCUT2D eigenvalue weighted by Crippen LogP contribution is -2.34. The van der Waals surface area contributed by atoms with Crippen LogP contribution in [0.2, 0.25) is 5.02 Å². The molecule has 10 heteroatoms. The highest BCUT2D eigenvalue weighted by molar-refractivity contribution is 6.30. The van der Waals surface area contributed by atoms with Crippen molar-refractivity contribution in [1.29, 1.82) is 0 Å². The standard InChI is InChI=1S/C22H13ClF5NO3/c23-13-4-1-3-11(9-13)19-15-10-12(22(26,27)20(30)29-28)7-8-14(15)18-16(31-19)5-2-6-17(18)32-21(24)25/h1-10,19,21H,(H,29,30). The van der Waals surface area contributed by atoms with Crippen molar-refractivity contribution in [3.8, 4) is 22.6 Å². The Morgan fingerprint density at radius 2 is 1.84 bits per heavy atom. The number of carbonyl (C=O) groups excluding carboxylic acids is 1. The van der Waals surface area contributed by atoms with E-state index in [9.17, 15) is 26.8 Å². The second-order valence-corrected chi connectivity index (χ2v) is 7.30. The summed E-state index contributed by atoms with van der Waals surface area (Å²) >= 11 is 6.06. The van der Waals surface area contributed by atoms with Crippen LogP contribution < -0.4 is 15.0 Å². The van der Waals surface area contributed by atoms with E-state index in [1.54, 1.807) is 24.3 Å². The second kappa shape index (κ2) is 8.31. The van der Waals surface area contributed by atoms with Gasteiger partial charge in [-0.3, -0.25) is 4.79 Å². The van der Waals surface area contributed by atoms with Crippen molar-refractivity contribution in [3.63, 3.8) is 0 Å². The Morgan fingerprint density at radius 3 is 2.53 bits per heavy atom. The van der Waals surface area contributed by atoms with Crippen molar-refractivity contribution in [1.82, 2.24) is 5.54 Å². The molecule has 0 aliphatic carbocycles. The molecule has 1 aliphatic rings. The van der Waals surface area contributed by atoms with Crippen LogP contribution in [0.4, 0.5) is 22.0 Å². The molecule has 0 bridgehead atoms. The minimum absolute atomic E-state index is 0.130. The molecule has 3 aromatic carbocycles. The predicted molar refractivity (Wildman–Crippen MR) is 106 cm³/mol. The smallest absolute Gasteiger partial charge is 0.387 e. The van der Waals surface area contributed by atoms with Crippen molar-refractivity contribution in [2.45, 2.75) is 18.6 Å². The first kappa shape index (κ1) is 21.9. The van der Waals surface area contributed by atoms with Gasteiger partial charge in [0.05, 0.1) is 5.56 Å². The topological polar surface area (TPSA) is 47.6 Å². The van der Waals surface area contributed by atoms with E-state index < -0.39 is 30.1 Å². The van der Waals surface area contributed by atoms with Crippen LogP contribution in [0.3, 0.4) is 0 Å². The molecule has 0 fully saturated rings. The van der Waals surface area contributed by atoms with Gasteiger partial charge in [-0.05, 0) is 41.5 Å². The van der Waals surface area contributed by atoms with E-state index in [4.69, 9.17) is 16.3 Å². The van der Waals surface area contributed by atoms with E-state index in [0.717, 1.165) is 12.1 Å². The minimum Gasteiger partial charge on any atom is -0.480 e. The van der Waals surface area contributed by atoms with Crippen LogP contribution in [0.25, 0.3) is 11.1 Å². The number of nitrogens with one attached hydrogen (secondary N) is 1. The molecule has 1 N–H and O–H groups in total. The average molecular weight is 470 g/mol. The molecule has 0 saturated heterocycles. The fourth-order valence-electron chi connectivity index (χ4n) is 3.57. The third-order valence-electron chi connectivity index (χ3n) is 4.94. The molecule has 1 atom stereocenters. The number of rotatable bonds is 5. The molecule has 0 aromatic heterocycles. The molecule has 3 aromatic rings. The van der Waals surface area contributed by atoms with E-state index in [2.05, 4.69) is 4.74 Å². The highest BCUT2D eigenvalue weighted by atomic mass is 35.5. The van der Waals surface area contributed by atoms with Gasteiger partial charge in [0.15, 0.2) is 0 Å². The fraction of sp³-hybridized carbons (Fsp3) is 0.136. The second-order valence-electron chi connectivity index (χ2n) is 6.86. The Kier molecular flexibility index (Phi) is 5.68. The summed E-state index contributed by atoms with van der Waals surface area (Å²) in [4.78, 5) is 11.4. The molecule has 1 aliphatic heterocycles. The lowest BCUT2D eigenvalue weighted by atomic mass is 9.87. The number of benzene rings is 3. The first-order valence-corrected chi connectivity index (χ1v) is 9.53. The molecule has 4 nitrogen and oxygen atoms in total. The zero-order chi connectivity index (χ0) is 23.0. The van der Waals surface area contributed by atoms with E-state index >= 15 is 0 Å². The minimum atomic E-state index is -4.19. The van der Waals surface area contributed by atoms with E-state index in [1.165, 1.54) is 24.3 Å². The van der Waals surface area contributed by atoms with Gasteiger partial charge in [-0.2, -0.15) is 23.1 Å².